The Bertz CT molecular complexity index is 1530. The first-order valence-corrected chi connectivity index (χ1v) is 25.3. The Labute approximate surface area is 316 Å². The SMILES string of the molecule is COc1ccc(CO[C@H](C#C[Si](C)(C)C)C[C@H]2C/C(=C\[C@@H]3C[C@H](/C=C/[C@H](C)[C@@H](OCc4ccc(OC)cc4)C(C)C)OC(C)(C)O3)[Si](C)(C)O2)cc1. The molecule has 0 unspecified atom stereocenters. The summed E-state index contributed by atoms with van der Waals surface area (Å²) in [6.07, 6.45) is 8.96. The zero-order valence-corrected chi connectivity index (χ0v) is 35.8. The molecule has 9 heteroatoms. The fourth-order valence-electron chi connectivity index (χ4n) is 6.85. The van der Waals surface area contributed by atoms with Gasteiger partial charge in [-0.05, 0) is 74.7 Å². The Morgan fingerprint density at radius 1 is 0.865 bits per heavy atom. The topological polar surface area (TPSA) is 64.6 Å². The van der Waals surface area contributed by atoms with E-state index in [1.54, 1.807) is 14.2 Å². The van der Waals surface area contributed by atoms with Gasteiger partial charge in [0.15, 0.2) is 5.79 Å². The summed E-state index contributed by atoms with van der Waals surface area (Å²) in [4.78, 5) is 0. The Morgan fingerprint density at radius 2 is 1.42 bits per heavy atom. The first-order valence-electron chi connectivity index (χ1n) is 18.9. The predicted molar refractivity (Wildman–Crippen MR) is 216 cm³/mol. The molecule has 0 spiro atoms. The van der Waals surface area contributed by atoms with Gasteiger partial charge in [0.2, 0.25) is 8.32 Å². The van der Waals surface area contributed by atoms with E-state index in [2.05, 4.69) is 95.3 Å². The molecule has 286 valence electrons. The summed E-state index contributed by atoms with van der Waals surface area (Å²) >= 11 is 0. The molecule has 4 rings (SSSR count). The van der Waals surface area contributed by atoms with Crippen molar-refractivity contribution in [2.75, 3.05) is 14.2 Å². The molecule has 2 aliphatic heterocycles. The van der Waals surface area contributed by atoms with Crippen molar-refractivity contribution >= 4 is 16.4 Å². The standard InChI is InChI=1S/C43H64O7Si2/c1-31(2)42(47-30-34-16-21-36(45-7)22-17-34)32(3)13-18-38-26-39(49-43(4,5)48-38)27-41-28-40(50-52(41,11)12)25-37(23-24-51(8,9)10)46-29-33-14-19-35(44-6)20-15-33/h13-22,27,31-32,37-40,42H,25-26,28-30H2,1-12H3/b18-13+,41-27+/t32-,37+,38-,39-,40-,42-/m0/s1. The molecular weight excluding hydrogens is 685 g/mol. The molecule has 0 N–H and O–H groups in total. The highest BCUT2D eigenvalue weighted by Crippen LogP contribution is 2.37. The van der Waals surface area contributed by atoms with Gasteiger partial charge in [0, 0.05) is 18.8 Å². The molecule has 0 amide bonds. The van der Waals surface area contributed by atoms with Crippen molar-refractivity contribution in [2.24, 2.45) is 11.8 Å². The fraction of sp³-hybridized carbons (Fsp3) is 0.581. The van der Waals surface area contributed by atoms with E-state index < -0.39 is 22.2 Å². The second-order valence-corrected chi connectivity index (χ2v) is 25.3. The van der Waals surface area contributed by atoms with Crippen LogP contribution in [0.3, 0.4) is 0 Å². The van der Waals surface area contributed by atoms with Crippen LogP contribution in [0.25, 0.3) is 0 Å². The molecule has 2 aromatic rings. The molecular formula is C43H64O7Si2. The number of hydrogen-bond acceptors (Lipinski definition) is 7. The number of ether oxygens (including phenoxy) is 6. The number of benzene rings is 2. The van der Waals surface area contributed by atoms with E-state index in [9.17, 15) is 0 Å². The lowest BCUT2D eigenvalue weighted by Crippen LogP contribution is -2.44. The van der Waals surface area contributed by atoms with Crippen molar-refractivity contribution in [2.45, 2.75) is 136 Å². The molecule has 2 aromatic carbocycles. The summed E-state index contributed by atoms with van der Waals surface area (Å²) in [5.74, 6) is 5.04. The maximum absolute atomic E-state index is 6.82. The van der Waals surface area contributed by atoms with Crippen LogP contribution in [-0.4, -0.2) is 66.9 Å². The third-order valence-corrected chi connectivity index (χ3v) is 13.2. The molecule has 2 fully saturated rings. The van der Waals surface area contributed by atoms with Crippen LogP contribution in [0.15, 0.2) is 72.0 Å². The number of methoxy groups -OCH3 is 2. The van der Waals surface area contributed by atoms with Crippen molar-refractivity contribution < 1.29 is 32.8 Å². The van der Waals surface area contributed by atoms with Crippen LogP contribution in [0.2, 0.25) is 32.7 Å². The first-order chi connectivity index (χ1) is 24.4. The maximum atomic E-state index is 6.82. The van der Waals surface area contributed by atoms with E-state index in [1.165, 1.54) is 5.20 Å². The van der Waals surface area contributed by atoms with E-state index >= 15 is 0 Å². The van der Waals surface area contributed by atoms with Gasteiger partial charge in [-0.25, -0.2) is 0 Å². The Hall–Kier alpha value is -2.69. The molecule has 7 nitrogen and oxygen atoms in total. The lowest BCUT2D eigenvalue weighted by Gasteiger charge is -2.39. The Morgan fingerprint density at radius 3 is 1.96 bits per heavy atom. The molecule has 0 saturated carbocycles. The predicted octanol–water partition coefficient (Wildman–Crippen LogP) is 9.66. The van der Waals surface area contributed by atoms with Gasteiger partial charge in [0.05, 0.1) is 51.8 Å². The van der Waals surface area contributed by atoms with Crippen LogP contribution in [0.1, 0.15) is 65.0 Å². The lowest BCUT2D eigenvalue weighted by molar-refractivity contribution is -0.280. The molecule has 0 aromatic heterocycles. The van der Waals surface area contributed by atoms with Gasteiger partial charge in [0.25, 0.3) is 0 Å². The van der Waals surface area contributed by atoms with Gasteiger partial charge in [-0.3, -0.25) is 0 Å². The van der Waals surface area contributed by atoms with Gasteiger partial charge in [0.1, 0.15) is 25.7 Å². The third-order valence-electron chi connectivity index (χ3n) is 9.51. The second kappa shape index (κ2) is 18.6. The smallest absolute Gasteiger partial charge is 0.214 e. The monoisotopic (exact) mass is 748 g/mol. The fourth-order valence-corrected chi connectivity index (χ4v) is 9.91. The summed E-state index contributed by atoms with van der Waals surface area (Å²) in [6, 6.07) is 16.1. The first kappa shape index (κ1) is 42.1. The van der Waals surface area contributed by atoms with Crippen molar-refractivity contribution in [3.63, 3.8) is 0 Å². The molecule has 0 aliphatic carbocycles. The van der Waals surface area contributed by atoms with Crippen LogP contribution in [0, 0.1) is 23.3 Å². The molecule has 0 bridgehead atoms. The Balaban J connectivity index is 1.41. The maximum Gasteiger partial charge on any atom is 0.214 e. The van der Waals surface area contributed by atoms with E-state index in [0.717, 1.165) is 41.9 Å². The van der Waals surface area contributed by atoms with Crippen LogP contribution in [0.4, 0.5) is 0 Å². The third kappa shape index (κ3) is 13.3. The number of hydrogen-bond donors (Lipinski definition) is 0. The Kier molecular flexibility index (Phi) is 15.0. The van der Waals surface area contributed by atoms with Crippen molar-refractivity contribution in [3.05, 3.63) is 83.1 Å². The highest BCUT2D eigenvalue weighted by atomic mass is 28.4. The van der Waals surface area contributed by atoms with Gasteiger partial charge in [-0.15, -0.1) is 5.54 Å². The quantitative estimate of drug-likeness (QED) is 0.102. The minimum absolute atomic E-state index is 0.0556. The van der Waals surface area contributed by atoms with Crippen LogP contribution in [0.5, 0.6) is 11.5 Å². The van der Waals surface area contributed by atoms with Crippen LogP contribution < -0.4 is 9.47 Å². The normalized spacial score (nSPS) is 24.0. The van der Waals surface area contributed by atoms with Crippen LogP contribution in [-0.2, 0) is 36.6 Å². The highest BCUT2D eigenvalue weighted by Gasteiger charge is 2.42. The average Bonchev–Trinajstić information content (AvgIpc) is 3.35. The van der Waals surface area contributed by atoms with Gasteiger partial charge in [-0.2, -0.15) is 0 Å². The van der Waals surface area contributed by atoms with Crippen LogP contribution >= 0.6 is 0 Å². The van der Waals surface area contributed by atoms with E-state index in [4.69, 9.17) is 32.8 Å². The molecule has 52 heavy (non-hydrogen) atoms. The molecule has 6 atom stereocenters. The highest BCUT2D eigenvalue weighted by molar-refractivity contribution is 6.83. The zero-order chi connectivity index (χ0) is 38.1. The zero-order valence-electron chi connectivity index (χ0n) is 33.8. The van der Waals surface area contributed by atoms with E-state index in [1.807, 2.05) is 50.2 Å². The largest absolute Gasteiger partial charge is 0.497 e. The molecule has 2 saturated heterocycles. The van der Waals surface area contributed by atoms with Crippen molar-refractivity contribution in [1.82, 2.24) is 0 Å². The summed E-state index contributed by atoms with van der Waals surface area (Å²) in [6.45, 7) is 23.1. The minimum Gasteiger partial charge on any atom is -0.497 e. The molecule has 0 radical (unpaired) electrons. The van der Waals surface area contributed by atoms with Crippen molar-refractivity contribution in [3.8, 4) is 23.0 Å². The number of rotatable bonds is 15. The summed E-state index contributed by atoms with van der Waals surface area (Å²) in [5.41, 5.74) is 5.78. The summed E-state index contributed by atoms with van der Waals surface area (Å²) in [5, 5.41) is 1.38. The van der Waals surface area contributed by atoms with Crippen molar-refractivity contribution in [1.29, 1.82) is 0 Å². The molecule has 2 heterocycles. The van der Waals surface area contributed by atoms with E-state index in [-0.39, 0.29) is 36.4 Å². The van der Waals surface area contributed by atoms with Gasteiger partial charge in [-0.1, -0.05) is 94.0 Å². The van der Waals surface area contributed by atoms with Gasteiger partial charge >= 0.3 is 0 Å². The summed E-state index contributed by atoms with van der Waals surface area (Å²) in [7, 11) is -0.344. The second-order valence-electron chi connectivity index (χ2n) is 16.6. The van der Waals surface area contributed by atoms with E-state index in [0.29, 0.717) is 19.1 Å². The lowest BCUT2D eigenvalue weighted by atomic mass is 9.93. The minimum atomic E-state index is -2.13. The average molecular weight is 749 g/mol. The molecule has 2 aliphatic rings. The summed E-state index contributed by atoms with van der Waals surface area (Å²) < 4.78 is 43.3. The van der Waals surface area contributed by atoms with Gasteiger partial charge < -0.3 is 32.8 Å².